The van der Waals surface area contributed by atoms with Gasteiger partial charge in [-0.1, -0.05) is 39.7 Å². The molecule has 0 saturated carbocycles. The number of hydrogen-bond acceptors (Lipinski definition) is 2. The minimum atomic E-state index is 0.274. The highest BCUT2D eigenvalue weighted by atomic mass is 79.9. The van der Waals surface area contributed by atoms with Crippen molar-refractivity contribution in [1.82, 2.24) is 0 Å². The predicted molar refractivity (Wildman–Crippen MR) is 86.3 cm³/mol. The molecule has 0 atom stereocenters. The van der Waals surface area contributed by atoms with E-state index in [0.29, 0.717) is 16.3 Å². The molecule has 0 aliphatic carbocycles. The fourth-order valence-corrected chi connectivity index (χ4v) is 2.60. The molecule has 0 radical (unpaired) electrons. The molecule has 19 heavy (non-hydrogen) atoms. The van der Waals surface area contributed by atoms with Gasteiger partial charge in [-0.2, -0.15) is 0 Å². The maximum atomic E-state index is 6.10. The van der Waals surface area contributed by atoms with Crippen molar-refractivity contribution in [2.24, 2.45) is 5.73 Å². The van der Waals surface area contributed by atoms with E-state index in [1.54, 1.807) is 18.2 Å². The molecule has 5 heteroatoms. The first kappa shape index (κ1) is 14.3. The Morgan fingerprint density at radius 1 is 1.26 bits per heavy atom. The molecule has 0 aliphatic rings. The molecule has 0 aliphatic heterocycles. The van der Waals surface area contributed by atoms with E-state index in [0.717, 1.165) is 15.8 Å². The van der Waals surface area contributed by atoms with Gasteiger partial charge in [-0.3, -0.25) is 0 Å². The standard InChI is InChI=1S/C14H11BrClNOS/c1-8-6-9(15)2-5-13(8)18-10-3-4-11(14(17)19)12(16)7-10/h2-7H,1H3,(H2,17,19). The third-order valence-corrected chi connectivity index (χ3v) is 3.60. The largest absolute Gasteiger partial charge is 0.457 e. The van der Waals surface area contributed by atoms with Crippen molar-refractivity contribution in [2.75, 3.05) is 0 Å². The topological polar surface area (TPSA) is 35.2 Å². The monoisotopic (exact) mass is 355 g/mol. The Morgan fingerprint density at radius 2 is 2.00 bits per heavy atom. The van der Waals surface area contributed by atoms with Gasteiger partial charge in [0.1, 0.15) is 16.5 Å². The molecule has 0 unspecified atom stereocenters. The van der Waals surface area contributed by atoms with Crippen LogP contribution in [0.4, 0.5) is 0 Å². The molecular weight excluding hydrogens is 346 g/mol. The van der Waals surface area contributed by atoms with Crippen molar-refractivity contribution in [3.8, 4) is 11.5 Å². The average molecular weight is 357 g/mol. The summed E-state index contributed by atoms with van der Waals surface area (Å²) in [6.07, 6.45) is 0. The quantitative estimate of drug-likeness (QED) is 0.799. The molecule has 0 aromatic heterocycles. The lowest BCUT2D eigenvalue weighted by Crippen LogP contribution is -2.09. The highest BCUT2D eigenvalue weighted by Crippen LogP contribution is 2.30. The third kappa shape index (κ3) is 3.47. The van der Waals surface area contributed by atoms with Gasteiger partial charge in [0.2, 0.25) is 0 Å². The van der Waals surface area contributed by atoms with Gasteiger partial charge in [0.15, 0.2) is 0 Å². The summed E-state index contributed by atoms with van der Waals surface area (Å²) >= 11 is 14.4. The van der Waals surface area contributed by atoms with Crippen molar-refractivity contribution in [1.29, 1.82) is 0 Å². The number of rotatable bonds is 3. The van der Waals surface area contributed by atoms with Gasteiger partial charge in [-0.05, 0) is 42.8 Å². The Hall–Kier alpha value is -1.10. The number of nitrogens with two attached hydrogens (primary N) is 1. The van der Waals surface area contributed by atoms with E-state index >= 15 is 0 Å². The lowest BCUT2D eigenvalue weighted by atomic mass is 10.2. The number of hydrogen-bond donors (Lipinski definition) is 1. The molecule has 0 bridgehead atoms. The van der Waals surface area contributed by atoms with Crippen LogP contribution < -0.4 is 10.5 Å². The van der Waals surface area contributed by atoms with Gasteiger partial charge in [0, 0.05) is 16.1 Å². The number of ether oxygens (including phenoxy) is 1. The molecule has 2 N–H and O–H groups in total. The van der Waals surface area contributed by atoms with E-state index in [-0.39, 0.29) is 4.99 Å². The minimum Gasteiger partial charge on any atom is -0.457 e. The molecule has 2 rings (SSSR count). The van der Waals surface area contributed by atoms with Gasteiger partial charge in [0.25, 0.3) is 0 Å². The molecular formula is C14H11BrClNOS. The molecule has 0 heterocycles. The van der Waals surface area contributed by atoms with Crippen LogP contribution in [-0.4, -0.2) is 4.99 Å². The van der Waals surface area contributed by atoms with Gasteiger partial charge >= 0.3 is 0 Å². The van der Waals surface area contributed by atoms with Crippen LogP contribution in [0.1, 0.15) is 11.1 Å². The first-order valence-corrected chi connectivity index (χ1v) is 7.08. The number of aryl methyl sites for hydroxylation is 1. The van der Waals surface area contributed by atoms with Crippen molar-refractivity contribution in [3.63, 3.8) is 0 Å². The van der Waals surface area contributed by atoms with E-state index in [4.69, 9.17) is 34.3 Å². The summed E-state index contributed by atoms with van der Waals surface area (Å²) in [6.45, 7) is 1.98. The lowest BCUT2D eigenvalue weighted by molar-refractivity contribution is 0.479. The van der Waals surface area contributed by atoms with Crippen molar-refractivity contribution < 1.29 is 4.74 Å². The van der Waals surface area contributed by atoms with E-state index in [1.165, 1.54) is 0 Å². The third-order valence-electron chi connectivity index (χ3n) is 2.57. The predicted octanol–water partition coefficient (Wildman–Crippen LogP) is 4.84. The molecule has 0 fully saturated rings. The Kier molecular flexibility index (Phi) is 4.45. The van der Waals surface area contributed by atoms with E-state index < -0.39 is 0 Å². The second-order valence-electron chi connectivity index (χ2n) is 4.02. The van der Waals surface area contributed by atoms with Crippen molar-refractivity contribution >= 4 is 44.7 Å². The molecule has 0 amide bonds. The number of benzene rings is 2. The van der Waals surface area contributed by atoms with Crippen LogP contribution in [0.2, 0.25) is 5.02 Å². The fraction of sp³-hybridized carbons (Fsp3) is 0.0714. The maximum Gasteiger partial charge on any atom is 0.130 e. The highest BCUT2D eigenvalue weighted by molar-refractivity contribution is 9.10. The van der Waals surface area contributed by atoms with Crippen molar-refractivity contribution in [3.05, 3.63) is 57.0 Å². The van der Waals surface area contributed by atoms with E-state index in [2.05, 4.69) is 15.9 Å². The SMILES string of the molecule is Cc1cc(Br)ccc1Oc1ccc(C(N)=S)c(Cl)c1. The van der Waals surface area contributed by atoms with Gasteiger partial charge in [0.05, 0.1) is 5.02 Å². The first-order chi connectivity index (χ1) is 8.97. The zero-order valence-electron chi connectivity index (χ0n) is 10.1. The van der Waals surface area contributed by atoms with Crippen LogP contribution in [0.15, 0.2) is 40.9 Å². The first-order valence-electron chi connectivity index (χ1n) is 5.51. The average Bonchev–Trinajstić information content (AvgIpc) is 2.32. The summed E-state index contributed by atoms with van der Waals surface area (Å²) in [6, 6.07) is 11.1. The minimum absolute atomic E-state index is 0.274. The normalized spacial score (nSPS) is 10.3. The Balaban J connectivity index is 2.29. The smallest absolute Gasteiger partial charge is 0.130 e. The second-order valence-corrected chi connectivity index (χ2v) is 5.78. The van der Waals surface area contributed by atoms with Crippen LogP contribution in [0.3, 0.4) is 0 Å². The zero-order valence-corrected chi connectivity index (χ0v) is 13.3. The lowest BCUT2D eigenvalue weighted by Gasteiger charge is -2.10. The second kappa shape index (κ2) is 5.90. The Labute approximate surface area is 130 Å². The van der Waals surface area contributed by atoms with Crippen molar-refractivity contribution in [2.45, 2.75) is 6.92 Å². The van der Waals surface area contributed by atoms with Gasteiger partial charge < -0.3 is 10.5 Å². The summed E-state index contributed by atoms with van der Waals surface area (Å²) < 4.78 is 6.80. The summed E-state index contributed by atoms with van der Waals surface area (Å²) in [4.78, 5) is 0.274. The highest BCUT2D eigenvalue weighted by Gasteiger charge is 2.07. The van der Waals surface area contributed by atoms with Crippen LogP contribution in [-0.2, 0) is 0 Å². The van der Waals surface area contributed by atoms with E-state index in [9.17, 15) is 0 Å². The van der Waals surface area contributed by atoms with Crippen LogP contribution >= 0.6 is 39.7 Å². The van der Waals surface area contributed by atoms with Gasteiger partial charge in [-0.25, -0.2) is 0 Å². The summed E-state index contributed by atoms with van der Waals surface area (Å²) in [5.74, 6) is 1.43. The molecule has 0 saturated heterocycles. The van der Waals surface area contributed by atoms with Crippen LogP contribution in [0, 0.1) is 6.92 Å². The summed E-state index contributed by atoms with van der Waals surface area (Å²) in [5.41, 5.74) is 7.24. The summed E-state index contributed by atoms with van der Waals surface area (Å²) in [7, 11) is 0. The summed E-state index contributed by atoms with van der Waals surface area (Å²) in [5, 5.41) is 0.486. The molecule has 2 aromatic carbocycles. The van der Waals surface area contributed by atoms with Crippen LogP contribution in [0.5, 0.6) is 11.5 Å². The number of halogens is 2. The Morgan fingerprint density at radius 3 is 2.58 bits per heavy atom. The maximum absolute atomic E-state index is 6.10. The van der Waals surface area contributed by atoms with Crippen LogP contribution in [0.25, 0.3) is 0 Å². The molecule has 98 valence electrons. The van der Waals surface area contributed by atoms with Gasteiger partial charge in [-0.15, -0.1) is 0 Å². The number of thiocarbonyl (C=S) groups is 1. The van der Waals surface area contributed by atoms with E-state index in [1.807, 2.05) is 25.1 Å². The fourth-order valence-electron chi connectivity index (χ4n) is 1.61. The Bertz CT molecular complexity index is 645. The molecule has 2 aromatic rings. The molecule has 2 nitrogen and oxygen atoms in total. The zero-order chi connectivity index (χ0) is 14.0. The molecule has 0 spiro atoms.